The van der Waals surface area contributed by atoms with Gasteiger partial charge in [-0.3, -0.25) is 4.79 Å². The Morgan fingerprint density at radius 1 is 1.15 bits per heavy atom. The number of benzene rings is 2. The number of fused-ring (bicyclic) bond motifs is 4. The van der Waals surface area contributed by atoms with Crippen molar-refractivity contribution in [3.05, 3.63) is 70.9 Å². The second-order valence-corrected chi connectivity index (χ2v) is 8.75. The van der Waals surface area contributed by atoms with Gasteiger partial charge in [-0.1, -0.05) is 49.4 Å². The third-order valence-corrected chi connectivity index (χ3v) is 7.00. The fourth-order valence-electron chi connectivity index (χ4n) is 5.54. The van der Waals surface area contributed by atoms with Gasteiger partial charge < -0.3 is 25.0 Å². The van der Waals surface area contributed by atoms with Crippen molar-refractivity contribution in [1.82, 2.24) is 4.90 Å². The van der Waals surface area contributed by atoms with Crippen LogP contribution in [0.3, 0.4) is 0 Å². The summed E-state index contributed by atoms with van der Waals surface area (Å²) in [7, 11) is 0. The molecule has 1 amide bonds. The Kier molecular flexibility index (Phi) is 5.11. The summed E-state index contributed by atoms with van der Waals surface area (Å²) in [6.07, 6.45) is 0.924. The van der Waals surface area contributed by atoms with Crippen LogP contribution in [0.1, 0.15) is 25.0 Å². The molecule has 0 bridgehead atoms. The highest BCUT2D eigenvalue weighted by molar-refractivity contribution is 6.03. The molecule has 0 spiro atoms. The van der Waals surface area contributed by atoms with Crippen LogP contribution in [0.4, 0.5) is 0 Å². The molecule has 1 fully saturated rings. The van der Waals surface area contributed by atoms with E-state index in [4.69, 9.17) is 4.74 Å². The Morgan fingerprint density at radius 2 is 1.85 bits per heavy atom. The van der Waals surface area contributed by atoms with Crippen molar-refractivity contribution >= 4 is 17.4 Å². The first-order chi connectivity index (χ1) is 15.9. The van der Waals surface area contributed by atoms with Crippen molar-refractivity contribution in [2.75, 3.05) is 13.2 Å². The summed E-state index contributed by atoms with van der Waals surface area (Å²) in [5, 5.41) is 29.4. The molecule has 1 saturated heterocycles. The number of aliphatic hydroxyl groups excluding tert-OH is 2. The van der Waals surface area contributed by atoms with E-state index < -0.39 is 18.0 Å². The molecule has 0 radical (unpaired) electrons. The van der Waals surface area contributed by atoms with Crippen LogP contribution in [0, 0.1) is 11.8 Å². The molecule has 3 N–H and O–H groups in total. The van der Waals surface area contributed by atoms with Crippen molar-refractivity contribution < 1.29 is 29.6 Å². The van der Waals surface area contributed by atoms with Crippen LogP contribution in [0.2, 0.25) is 0 Å². The lowest BCUT2D eigenvalue weighted by Crippen LogP contribution is -2.63. The molecule has 2 aromatic rings. The van der Waals surface area contributed by atoms with Crippen molar-refractivity contribution in [3.8, 4) is 16.9 Å². The molecule has 3 unspecified atom stereocenters. The molecule has 5 rings (SSSR count). The summed E-state index contributed by atoms with van der Waals surface area (Å²) in [6, 6.07) is 13.2. The molecule has 2 heterocycles. The zero-order valence-corrected chi connectivity index (χ0v) is 18.4. The average molecular weight is 447 g/mol. The van der Waals surface area contributed by atoms with Gasteiger partial charge in [-0.25, -0.2) is 4.79 Å². The maximum Gasteiger partial charge on any atom is 0.352 e. The van der Waals surface area contributed by atoms with Crippen LogP contribution in [-0.4, -0.2) is 57.5 Å². The number of carboxylic acids is 1. The number of hydrogen-bond donors (Lipinski definition) is 3. The number of carboxylic acid groups (broad SMARTS) is 1. The molecule has 1 aliphatic carbocycles. The Labute approximate surface area is 191 Å². The molecule has 2 aliphatic heterocycles. The summed E-state index contributed by atoms with van der Waals surface area (Å²) >= 11 is 0. The van der Waals surface area contributed by atoms with Crippen LogP contribution < -0.4 is 4.74 Å². The largest absolute Gasteiger partial charge is 0.488 e. The van der Waals surface area contributed by atoms with E-state index in [-0.39, 0.29) is 36.8 Å². The van der Waals surface area contributed by atoms with E-state index in [1.165, 1.54) is 4.90 Å². The number of carbonyl (C=O) groups is 2. The molecular weight excluding hydrogens is 422 g/mol. The lowest BCUT2D eigenvalue weighted by molar-refractivity contribution is -0.163. The van der Waals surface area contributed by atoms with Gasteiger partial charge in [-0.05, 0) is 35.3 Å². The second kappa shape index (κ2) is 7.86. The second-order valence-electron chi connectivity index (χ2n) is 8.75. The van der Waals surface area contributed by atoms with Gasteiger partial charge in [0.25, 0.3) is 0 Å². The summed E-state index contributed by atoms with van der Waals surface area (Å²) in [6.45, 7) is 3.37. The van der Waals surface area contributed by atoms with Crippen LogP contribution in [-0.2, 0) is 9.59 Å². The van der Waals surface area contributed by atoms with E-state index in [1.807, 2.05) is 49.4 Å². The predicted octanol–water partition coefficient (Wildman–Crippen LogP) is 2.67. The smallest absolute Gasteiger partial charge is 0.352 e. The van der Waals surface area contributed by atoms with E-state index in [0.29, 0.717) is 11.3 Å². The van der Waals surface area contributed by atoms with Crippen LogP contribution in [0.25, 0.3) is 16.7 Å². The maximum absolute atomic E-state index is 12.6. The van der Waals surface area contributed by atoms with Gasteiger partial charge in [0.15, 0.2) is 0 Å². The van der Waals surface area contributed by atoms with Gasteiger partial charge in [-0.15, -0.1) is 0 Å². The fourth-order valence-corrected chi connectivity index (χ4v) is 5.54. The molecule has 0 saturated carbocycles. The summed E-state index contributed by atoms with van der Waals surface area (Å²) in [4.78, 5) is 25.9. The summed E-state index contributed by atoms with van der Waals surface area (Å²) in [5.74, 6) is -1.77. The maximum atomic E-state index is 12.6. The average Bonchev–Trinajstić information content (AvgIpc) is 3.23. The summed E-state index contributed by atoms with van der Waals surface area (Å²) in [5.41, 5.74) is 5.28. The molecule has 33 heavy (non-hydrogen) atoms. The van der Waals surface area contributed by atoms with E-state index >= 15 is 0 Å². The van der Waals surface area contributed by atoms with Gasteiger partial charge in [0, 0.05) is 17.1 Å². The van der Waals surface area contributed by atoms with E-state index in [9.17, 15) is 24.9 Å². The molecule has 0 aromatic heterocycles. The third-order valence-electron chi connectivity index (χ3n) is 7.00. The van der Waals surface area contributed by atoms with E-state index in [0.717, 1.165) is 27.8 Å². The number of aliphatic hydroxyl groups is 2. The first-order valence-electron chi connectivity index (χ1n) is 11.0. The first kappa shape index (κ1) is 21.4. The van der Waals surface area contributed by atoms with Gasteiger partial charge in [0.05, 0.1) is 24.7 Å². The zero-order valence-electron chi connectivity index (χ0n) is 18.4. The van der Waals surface area contributed by atoms with Crippen molar-refractivity contribution in [2.45, 2.75) is 26.0 Å². The molecule has 170 valence electrons. The van der Waals surface area contributed by atoms with E-state index in [1.54, 1.807) is 13.0 Å². The highest BCUT2D eigenvalue weighted by Crippen LogP contribution is 2.50. The molecule has 7 nitrogen and oxygen atoms in total. The lowest BCUT2D eigenvalue weighted by atomic mass is 9.78. The standard InChI is InChI=1S/C26H25NO6/c1-13-19(24(26(31)32)27-23(13)21(14(2)29)25(27)30)12-33-20-9-5-8-18-16(10-11-28)15-6-3-4-7-17(15)22(18)20/h3-10,13-14,21,23,28-29H,11-12H2,1-2H3,(H,31,32)/b16-10-/t13-,14?,21?,23?/m0/s1. The molecular formula is C26H25NO6. The molecule has 7 heteroatoms. The number of nitrogens with zero attached hydrogens (tertiary/aromatic N) is 1. The fraction of sp³-hybridized carbons (Fsp3) is 0.308. The highest BCUT2D eigenvalue weighted by Gasteiger charge is 2.59. The molecule has 2 aromatic carbocycles. The minimum atomic E-state index is -1.17. The molecule has 4 atom stereocenters. The third kappa shape index (κ3) is 3.03. The monoisotopic (exact) mass is 447 g/mol. The van der Waals surface area contributed by atoms with Gasteiger partial charge in [0.1, 0.15) is 18.1 Å². The number of amides is 1. The van der Waals surface area contributed by atoms with Crippen LogP contribution in [0.15, 0.2) is 59.8 Å². The molecule has 3 aliphatic rings. The SMILES string of the molecule is CC(O)C1C(=O)N2C(C(=O)O)=C(COc3cccc4c3-c3ccccc3/C4=C/CO)[C@H](C)C12. The zero-order chi connectivity index (χ0) is 23.4. The Bertz CT molecular complexity index is 1230. The lowest BCUT2D eigenvalue weighted by Gasteiger charge is -2.46. The number of β-lactam (4-membered cyclic amide) rings is 1. The Balaban J connectivity index is 1.51. The predicted molar refractivity (Wildman–Crippen MR) is 121 cm³/mol. The van der Waals surface area contributed by atoms with Crippen LogP contribution in [0.5, 0.6) is 5.75 Å². The number of rotatable bonds is 6. The van der Waals surface area contributed by atoms with Crippen LogP contribution >= 0.6 is 0 Å². The Morgan fingerprint density at radius 3 is 2.52 bits per heavy atom. The van der Waals surface area contributed by atoms with Crippen molar-refractivity contribution in [3.63, 3.8) is 0 Å². The normalized spacial score (nSPS) is 25.0. The topological polar surface area (TPSA) is 107 Å². The quantitative estimate of drug-likeness (QED) is 0.502. The van der Waals surface area contributed by atoms with Gasteiger partial charge in [-0.2, -0.15) is 0 Å². The minimum Gasteiger partial charge on any atom is -0.488 e. The Hall–Kier alpha value is -3.42. The summed E-state index contributed by atoms with van der Waals surface area (Å²) < 4.78 is 6.21. The highest BCUT2D eigenvalue weighted by atomic mass is 16.5. The van der Waals surface area contributed by atoms with E-state index in [2.05, 4.69) is 0 Å². The first-order valence-corrected chi connectivity index (χ1v) is 11.0. The van der Waals surface area contributed by atoms with Gasteiger partial charge in [0.2, 0.25) is 5.91 Å². The van der Waals surface area contributed by atoms with Gasteiger partial charge >= 0.3 is 5.97 Å². The number of hydrogen-bond acceptors (Lipinski definition) is 5. The minimum absolute atomic E-state index is 0.0211. The number of ether oxygens (including phenoxy) is 1. The van der Waals surface area contributed by atoms with Crippen molar-refractivity contribution in [1.29, 1.82) is 0 Å². The number of carbonyl (C=O) groups excluding carboxylic acids is 1. The van der Waals surface area contributed by atoms with Crippen molar-refractivity contribution in [2.24, 2.45) is 11.8 Å². The number of aliphatic carboxylic acids is 1.